The minimum absolute atomic E-state index is 0.332. The van der Waals surface area contributed by atoms with Gasteiger partial charge in [0.2, 0.25) is 0 Å². The summed E-state index contributed by atoms with van der Waals surface area (Å²) in [6.07, 6.45) is 0. The predicted octanol–water partition coefficient (Wildman–Crippen LogP) is 3.61. The van der Waals surface area contributed by atoms with Crippen LogP contribution >= 0.6 is 23.2 Å². The Morgan fingerprint density at radius 1 is 1.36 bits per heavy atom. The van der Waals surface area contributed by atoms with Crippen LogP contribution in [-0.4, -0.2) is 0 Å². The summed E-state index contributed by atoms with van der Waals surface area (Å²) in [5.41, 5.74) is 1.19. The van der Waals surface area contributed by atoms with Crippen LogP contribution in [0.5, 0.6) is 0 Å². The van der Waals surface area contributed by atoms with Crippen molar-refractivity contribution in [1.82, 2.24) is 0 Å². The van der Waals surface area contributed by atoms with Crippen LogP contribution in [0, 0.1) is 12.7 Å². The third kappa shape index (κ3) is 2.08. The third-order valence-corrected chi connectivity index (χ3v) is 1.86. The van der Waals surface area contributed by atoms with Gasteiger partial charge in [0.25, 0.3) is 0 Å². The van der Waals surface area contributed by atoms with Gasteiger partial charge in [0.1, 0.15) is 10.7 Å². The second kappa shape index (κ2) is 3.42. The van der Waals surface area contributed by atoms with E-state index in [1.54, 1.807) is 12.1 Å². The summed E-state index contributed by atoms with van der Waals surface area (Å²) in [4.78, 5) is -0.782. The second-order valence-corrected chi connectivity index (χ2v) is 3.42. The lowest BCUT2D eigenvalue weighted by molar-refractivity contribution is 0.614. The molecular formula is C8H7Cl2F. The zero-order valence-electron chi connectivity index (χ0n) is 5.94. The molecule has 0 aromatic heterocycles. The highest BCUT2D eigenvalue weighted by atomic mass is 35.5. The monoisotopic (exact) mass is 192 g/mol. The molecule has 0 aliphatic rings. The highest BCUT2D eigenvalue weighted by Crippen LogP contribution is 2.27. The molecule has 0 bridgehead atoms. The first-order valence-corrected chi connectivity index (χ1v) is 4.02. The van der Waals surface area contributed by atoms with Gasteiger partial charge >= 0.3 is 0 Å². The van der Waals surface area contributed by atoms with Gasteiger partial charge in [0, 0.05) is 5.56 Å². The van der Waals surface area contributed by atoms with Crippen molar-refractivity contribution in [2.75, 3.05) is 0 Å². The van der Waals surface area contributed by atoms with E-state index in [4.69, 9.17) is 23.2 Å². The molecule has 0 spiro atoms. The fourth-order valence-corrected chi connectivity index (χ4v) is 1.16. The van der Waals surface area contributed by atoms with E-state index in [0.717, 1.165) is 5.56 Å². The van der Waals surface area contributed by atoms with E-state index in [1.165, 1.54) is 6.07 Å². The maximum Gasteiger partial charge on any atom is 0.135 e. The zero-order valence-corrected chi connectivity index (χ0v) is 7.46. The second-order valence-electron chi connectivity index (χ2n) is 2.33. The van der Waals surface area contributed by atoms with Crippen LogP contribution in [-0.2, 0) is 0 Å². The molecular weight excluding hydrogens is 186 g/mol. The summed E-state index contributed by atoms with van der Waals surface area (Å²) >= 11 is 11.0. The maximum atomic E-state index is 12.9. The Kier molecular flexibility index (Phi) is 2.74. The van der Waals surface area contributed by atoms with Crippen molar-refractivity contribution in [1.29, 1.82) is 0 Å². The summed E-state index contributed by atoms with van der Waals surface area (Å²) in [6, 6.07) is 4.78. The third-order valence-electron chi connectivity index (χ3n) is 1.39. The molecule has 0 saturated heterocycles. The van der Waals surface area contributed by atoms with E-state index >= 15 is 0 Å². The average Bonchev–Trinajstić information content (AvgIpc) is 1.85. The lowest BCUT2D eigenvalue weighted by Crippen LogP contribution is -1.88. The summed E-state index contributed by atoms with van der Waals surface area (Å²) < 4.78 is 12.9. The van der Waals surface area contributed by atoms with Crippen LogP contribution in [0.4, 0.5) is 4.39 Å². The first-order valence-electron chi connectivity index (χ1n) is 3.15. The van der Waals surface area contributed by atoms with Gasteiger partial charge in [0.05, 0.1) is 0 Å². The quantitative estimate of drug-likeness (QED) is 0.597. The number of benzene rings is 1. The van der Waals surface area contributed by atoms with Crippen molar-refractivity contribution in [3.63, 3.8) is 0 Å². The van der Waals surface area contributed by atoms with E-state index in [1.807, 2.05) is 6.92 Å². The molecule has 3 heteroatoms. The standard InChI is InChI=1S/C8H7Cl2F/c1-5-2-3-6(8(9)10)7(11)4-5/h2-4,8H,1H3. The Balaban J connectivity index is 3.09. The number of hydrogen-bond donors (Lipinski definition) is 0. The molecule has 1 aromatic carbocycles. The van der Waals surface area contributed by atoms with Gasteiger partial charge in [-0.1, -0.05) is 35.3 Å². The molecule has 1 aromatic rings. The van der Waals surface area contributed by atoms with Gasteiger partial charge < -0.3 is 0 Å². The summed E-state index contributed by atoms with van der Waals surface area (Å²) in [6.45, 7) is 1.81. The molecule has 0 aliphatic carbocycles. The molecule has 0 radical (unpaired) electrons. The van der Waals surface area contributed by atoms with Crippen LogP contribution in [0.3, 0.4) is 0 Å². The van der Waals surface area contributed by atoms with Gasteiger partial charge in [0.15, 0.2) is 0 Å². The molecule has 11 heavy (non-hydrogen) atoms. The Morgan fingerprint density at radius 3 is 2.45 bits per heavy atom. The van der Waals surface area contributed by atoms with E-state index in [9.17, 15) is 4.39 Å². The van der Waals surface area contributed by atoms with Crippen LogP contribution in [0.2, 0.25) is 0 Å². The summed E-state index contributed by atoms with van der Waals surface area (Å²) in [7, 11) is 0. The summed E-state index contributed by atoms with van der Waals surface area (Å²) in [5.74, 6) is -0.347. The molecule has 0 aliphatic heterocycles. The van der Waals surface area contributed by atoms with Crippen LogP contribution < -0.4 is 0 Å². The van der Waals surface area contributed by atoms with Gasteiger partial charge in [-0.05, 0) is 18.6 Å². The van der Waals surface area contributed by atoms with Crippen LogP contribution in [0.25, 0.3) is 0 Å². The largest absolute Gasteiger partial charge is 0.207 e. The normalized spacial score (nSPS) is 10.6. The Morgan fingerprint density at radius 2 is 2.00 bits per heavy atom. The lowest BCUT2D eigenvalue weighted by Gasteiger charge is -2.03. The molecule has 0 fully saturated rings. The molecule has 0 unspecified atom stereocenters. The molecule has 0 atom stereocenters. The summed E-state index contributed by atoms with van der Waals surface area (Å²) in [5, 5.41) is 0. The number of alkyl halides is 2. The van der Waals surface area contributed by atoms with Crippen molar-refractivity contribution < 1.29 is 4.39 Å². The van der Waals surface area contributed by atoms with Crippen molar-refractivity contribution >= 4 is 23.2 Å². The highest BCUT2D eigenvalue weighted by molar-refractivity contribution is 6.44. The number of aryl methyl sites for hydroxylation is 1. The molecule has 60 valence electrons. The van der Waals surface area contributed by atoms with Gasteiger partial charge in [-0.15, -0.1) is 0 Å². The van der Waals surface area contributed by atoms with E-state index in [-0.39, 0.29) is 5.82 Å². The Bertz CT molecular complexity index is 258. The number of halogens is 3. The van der Waals surface area contributed by atoms with E-state index in [0.29, 0.717) is 5.56 Å². The Hall–Kier alpha value is -0.270. The minimum atomic E-state index is -0.782. The molecule has 1 rings (SSSR count). The van der Waals surface area contributed by atoms with Crippen molar-refractivity contribution in [2.45, 2.75) is 11.8 Å². The molecule has 0 heterocycles. The smallest absolute Gasteiger partial charge is 0.135 e. The zero-order chi connectivity index (χ0) is 8.43. The van der Waals surface area contributed by atoms with Crippen molar-refractivity contribution in [2.24, 2.45) is 0 Å². The van der Waals surface area contributed by atoms with Crippen molar-refractivity contribution in [3.8, 4) is 0 Å². The van der Waals surface area contributed by atoms with Crippen LogP contribution in [0.1, 0.15) is 16.0 Å². The lowest BCUT2D eigenvalue weighted by atomic mass is 10.2. The SMILES string of the molecule is Cc1ccc(C(Cl)Cl)c(F)c1. The fraction of sp³-hybridized carbons (Fsp3) is 0.250. The molecule has 0 N–H and O–H groups in total. The molecule has 0 saturated carbocycles. The Labute approximate surface area is 74.9 Å². The van der Waals surface area contributed by atoms with Crippen LogP contribution in [0.15, 0.2) is 18.2 Å². The molecule has 0 amide bonds. The predicted molar refractivity (Wildman–Crippen MR) is 45.6 cm³/mol. The first-order chi connectivity index (χ1) is 5.11. The topological polar surface area (TPSA) is 0 Å². The fourth-order valence-electron chi connectivity index (χ4n) is 0.809. The van der Waals surface area contributed by atoms with Gasteiger partial charge in [-0.3, -0.25) is 0 Å². The van der Waals surface area contributed by atoms with Gasteiger partial charge in [-0.25, -0.2) is 4.39 Å². The minimum Gasteiger partial charge on any atom is -0.207 e. The average molecular weight is 193 g/mol. The highest BCUT2D eigenvalue weighted by Gasteiger charge is 2.08. The molecule has 0 nitrogen and oxygen atoms in total. The first kappa shape index (κ1) is 8.82. The van der Waals surface area contributed by atoms with Crippen molar-refractivity contribution in [3.05, 3.63) is 35.1 Å². The van der Waals surface area contributed by atoms with E-state index in [2.05, 4.69) is 0 Å². The number of rotatable bonds is 1. The van der Waals surface area contributed by atoms with E-state index < -0.39 is 4.84 Å². The number of hydrogen-bond acceptors (Lipinski definition) is 0. The van der Waals surface area contributed by atoms with Gasteiger partial charge in [-0.2, -0.15) is 0 Å². The maximum absolute atomic E-state index is 12.9.